The molecule has 0 saturated heterocycles. The molecule has 3 unspecified atom stereocenters. The van der Waals surface area contributed by atoms with Gasteiger partial charge in [-0.1, -0.05) is 108 Å². The molecular weight excluding hydrogens is 799 g/mol. The van der Waals surface area contributed by atoms with Crippen LogP contribution in [0.25, 0.3) is 0 Å². The molecule has 0 fully saturated rings. The number of aliphatic carboxylic acids is 3. The predicted molar refractivity (Wildman–Crippen MR) is 177 cm³/mol. The maximum Gasteiger partial charge on any atom is 3.00 e. The first kappa shape index (κ1) is 38.0. The van der Waals surface area contributed by atoms with Gasteiger partial charge < -0.3 is 45.7 Å². The molecule has 3 heterocycles. The Balaban J connectivity index is 0.000000197. The normalized spacial score (nSPS) is 23.0. The van der Waals surface area contributed by atoms with Gasteiger partial charge in [0.15, 0.2) is 0 Å². The van der Waals surface area contributed by atoms with E-state index < -0.39 is 34.5 Å². The Hall–Kier alpha value is -5.44. The number of rotatable bonds is 6. The van der Waals surface area contributed by atoms with Crippen molar-refractivity contribution < 1.29 is 49.8 Å². The van der Waals surface area contributed by atoms with Crippen LogP contribution in [0.4, 0.5) is 0 Å². The first-order valence-electron chi connectivity index (χ1n) is 15.2. The molecule has 0 amide bonds. The van der Waals surface area contributed by atoms with Gasteiger partial charge in [-0.3, -0.25) is 0 Å². The van der Waals surface area contributed by atoms with Crippen molar-refractivity contribution in [2.75, 3.05) is 0 Å². The smallest absolute Gasteiger partial charge is 0.547 e. The van der Waals surface area contributed by atoms with Gasteiger partial charge in [0.25, 0.3) is 0 Å². The van der Waals surface area contributed by atoms with Crippen molar-refractivity contribution in [2.24, 2.45) is 0 Å². The van der Waals surface area contributed by atoms with Gasteiger partial charge >= 0.3 is 20.1 Å². The molecule has 6 rings (SSSR count). The third-order valence-corrected chi connectivity index (χ3v) is 7.96. The number of carbonyl (C=O) groups is 3. The molecule has 3 aromatic rings. The minimum absolute atomic E-state index is 0. The summed E-state index contributed by atoms with van der Waals surface area (Å²) in [5.74, 6) is -3.45. The van der Waals surface area contributed by atoms with E-state index in [-0.39, 0.29) is 20.1 Å². The molecule has 3 aliphatic heterocycles. The van der Waals surface area contributed by atoms with Crippen molar-refractivity contribution in [3.8, 4) is 0 Å². The zero-order valence-electron chi connectivity index (χ0n) is 27.1. The first-order chi connectivity index (χ1) is 22.9. The minimum atomic E-state index is -1.25. The van der Waals surface area contributed by atoms with Gasteiger partial charge in [0.1, 0.15) is 16.6 Å². The van der Waals surface area contributed by atoms with Gasteiger partial charge in [0.05, 0.1) is 17.9 Å². The van der Waals surface area contributed by atoms with Crippen LogP contribution in [0.15, 0.2) is 163 Å². The standard InChI is InChI=1S/3C13H13NO2.Ir/c3*1-10-7-8-14-13(9-10,12(15)16)11-5-3-2-4-6-11;/h3*2-9,14H,1H3,(H,15,16);/q;;;+3/p-3. The molecule has 0 radical (unpaired) electrons. The number of benzene rings is 3. The predicted octanol–water partition coefficient (Wildman–Crippen LogP) is 2.08. The number of carboxylic acid groups (broad SMARTS) is 3. The second-order valence-electron chi connectivity index (χ2n) is 11.5. The maximum absolute atomic E-state index is 11.4. The van der Waals surface area contributed by atoms with Crippen LogP contribution < -0.4 is 31.3 Å². The van der Waals surface area contributed by atoms with Gasteiger partial charge in [-0.2, -0.15) is 0 Å². The van der Waals surface area contributed by atoms with Crippen molar-refractivity contribution in [2.45, 2.75) is 37.4 Å². The van der Waals surface area contributed by atoms with Gasteiger partial charge in [-0.05, 0) is 92.5 Å². The summed E-state index contributed by atoms with van der Waals surface area (Å²) < 4.78 is 0. The van der Waals surface area contributed by atoms with Gasteiger partial charge in [0.2, 0.25) is 0 Å². The summed E-state index contributed by atoms with van der Waals surface area (Å²) in [6.07, 6.45) is 15.4. The molecule has 49 heavy (non-hydrogen) atoms. The summed E-state index contributed by atoms with van der Waals surface area (Å²) in [7, 11) is 0. The fourth-order valence-corrected chi connectivity index (χ4v) is 5.52. The van der Waals surface area contributed by atoms with E-state index in [9.17, 15) is 29.7 Å². The number of hydrogen-bond acceptors (Lipinski definition) is 9. The summed E-state index contributed by atoms with van der Waals surface area (Å²) in [6.45, 7) is 5.58. The van der Waals surface area contributed by atoms with Crippen LogP contribution in [0, 0.1) is 0 Å². The summed E-state index contributed by atoms with van der Waals surface area (Å²) in [5.41, 5.74) is 0.932. The zero-order chi connectivity index (χ0) is 34.8. The van der Waals surface area contributed by atoms with E-state index in [1.165, 1.54) is 0 Å². The van der Waals surface area contributed by atoms with Crippen LogP contribution in [0.5, 0.6) is 0 Å². The van der Waals surface area contributed by atoms with E-state index in [1.807, 2.05) is 93.6 Å². The van der Waals surface area contributed by atoms with Gasteiger partial charge in [0, 0.05) is 0 Å². The number of carboxylic acids is 3. The Morgan fingerprint density at radius 2 is 0.673 bits per heavy atom. The number of allylic oxidation sites excluding steroid dienone is 6. The van der Waals surface area contributed by atoms with Crippen molar-refractivity contribution in [3.05, 3.63) is 179 Å². The van der Waals surface area contributed by atoms with E-state index in [0.717, 1.165) is 16.7 Å². The zero-order valence-corrected chi connectivity index (χ0v) is 29.5. The molecule has 3 aliphatic rings. The van der Waals surface area contributed by atoms with E-state index in [4.69, 9.17) is 0 Å². The first-order valence-corrected chi connectivity index (χ1v) is 15.2. The van der Waals surface area contributed by atoms with E-state index in [0.29, 0.717) is 16.7 Å². The Labute approximate surface area is 299 Å². The molecule has 0 saturated carbocycles. The van der Waals surface area contributed by atoms with Crippen LogP contribution in [0.1, 0.15) is 37.5 Å². The quantitative estimate of drug-likeness (QED) is 0.339. The molecule has 252 valence electrons. The largest absolute Gasteiger partial charge is 3.00 e. The second kappa shape index (κ2) is 16.6. The number of hydrogen-bond donors (Lipinski definition) is 3. The van der Waals surface area contributed by atoms with Gasteiger partial charge in [-0.25, -0.2) is 0 Å². The van der Waals surface area contributed by atoms with Crippen molar-refractivity contribution >= 4 is 17.9 Å². The summed E-state index contributed by atoms with van der Waals surface area (Å²) in [5, 5.41) is 42.7. The van der Waals surface area contributed by atoms with Crippen molar-refractivity contribution in [1.82, 2.24) is 16.0 Å². The molecule has 3 aromatic carbocycles. The van der Waals surface area contributed by atoms with Crippen LogP contribution in [0.3, 0.4) is 0 Å². The van der Waals surface area contributed by atoms with Crippen LogP contribution in [0.2, 0.25) is 0 Å². The second-order valence-corrected chi connectivity index (χ2v) is 11.5. The SMILES string of the molecule is CC1=CC(C(=O)[O-])(c2ccccc2)NC=C1.CC1=CC(C(=O)[O-])(c2ccccc2)NC=C1.CC1=CC(C(=O)[O-])(c2ccccc2)NC=C1.[Ir+3]. The fraction of sp³-hybridized carbons (Fsp3) is 0.154. The van der Waals surface area contributed by atoms with E-state index in [2.05, 4.69) is 16.0 Å². The number of dihydropyridines is 3. The van der Waals surface area contributed by atoms with E-state index in [1.54, 1.807) is 73.2 Å². The molecule has 9 nitrogen and oxygen atoms in total. The molecule has 0 aliphatic carbocycles. The van der Waals surface area contributed by atoms with Crippen molar-refractivity contribution in [3.63, 3.8) is 0 Å². The number of carbonyl (C=O) groups excluding carboxylic acids is 3. The van der Waals surface area contributed by atoms with Crippen LogP contribution >= 0.6 is 0 Å². The molecular formula is C39H36IrN3O6. The molecule has 0 aromatic heterocycles. The average Bonchev–Trinajstić information content (AvgIpc) is 3.09. The molecule has 3 atom stereocenters. The Kier molecular flexibility index (Phi) is 12.9. The van der Waals surface area contributed by atoms with Crippen LogP contribution in [-0.2, 0) is 51.1 Å². The monoisotopic (exact) mass is 835 g/mol. The number of nitrogens with one attached hydrogen (secondary N) is 3. The third-order valence-electron chi connectivity index (χ3n) is 7.96. The maximum atomic E-state index is 11.4. The summed E-state index contributed by atoms with van der Waals surface area (Å²) in [6, 6.07) is 27.0. The molecule has 0 spiro atoms. The Morgan fingerprint density at radius 3 is 0.857 bits per heavy atom. The van der Waals surface area contributed by atoms with Gasteiger partial charge in [-0.15, -0.1) is 0 Å². The summed E-state index contributed by atoms with van der Waals surface area (Å²) in [4.78, 5) is 34.1. The molecule has 10 heteroatoms. The fourth-order valence-electron chi connectivity index (χ4n) is 5.52. The van der Waals surface area contributed by atoms with E-state index >= 15 is 0 Å². The summed E-state index contributed by atoms with van der Waals surface area (Å²) >= 11 is 0. The van der Waals surface area contributed by atoms with Crippen molar-refractivity contribution in [1.29, 1.82) is 0 Å². The topological polar surface area (TPSA) is 156 Å². The van der Waals surface area contributed by atoms with Crippen LogP contribution in [-0.4, -0.2) is 17.9 Å². The minimum Gasteiger partial charge on any atom is -0.547 e. The molecule has 0 bridgehead atoms. The third kappa shape index (κ3) is 8.54. The Bertz CT molecular complexity index is 1610. The Morgan fingerprint density at radius 1 is 0.449 bits per heavy atom. The molecule has 3 N–H and O–H groups in total. The average molecular weight is 835 g/mol.